The number of hydrogen-bond donors (Lipinski definition) is 1. The molecule has 0 saturated heterocycles. The van der Waals surface area contributed by atoms with E-state index in [0.29, 0.717) is 10.6 Å². The molecule has 26 heavy (non-hydrogen) atoms. The molecule has 0 aliphatic heterocycles. The maximum absolute atomic E-state index is 12.5. The Balaban J connectivity index is 2.10. The number of methoxy groups -OCH3 is 1. The Labute approximate surface area is 155 Å². The van der Waals surface area contributed by atoms with E-state index in [-0.39, 0.29) is 5.76 Å². The molecule has 1 N–H and O–H groups in total. The standard InChI is InChI=1S/C20H19NO4S/c1-11-7-8-14(10-12(11)2)16-13(3)26-19(17(16)20(23)24-4)21-18(22)15-6-5-9-25-15/h5-10H,1-4H3,(H,21,22). The van der Waals surface area contributed by atoms with Gasteiger partial charge >= 0.3 is 5.97 Å². The van der Waals surface area contributed by atoms with E-state index in [1.54, 1.807) is 12.1 Å². The first kappa shape index (κ1) is 17.9. The van der Waals surface area contributed by atoms with E-state index in [1.165, 1.54) is 30.3 Å². The van der Waals surface area contributed by atoms with Crippen LogP contribution in [0.25, 0.3) is 11.1 Å². The molecule has 1 amide bonds. The highest BCUT2D eigenvalue weighted by Crippen LogP contribution is 2.41. The lowest BCUT2D eigenvalue weighted by Gasteiger charge is -2.09. The van der Waals surface area contributed by atoms with E-state index >= 15 is 0 Å². The lowest BCUT2D eigenvalue weighted by Crippen LogP contribution is -2.13. The van der Waals surface area contributed by atoms with Crippen molar-refractivity contribution in [2.45, 2.75) is 20.8 Å². The Bertz CT molecular complexity index is 970. The summed E-state index contributed by atoms with van der Waals surface area (Å²) in [6.45, 7) is 5.98. The van der Waals surface area contributed by atoms with Gasteiger partial charge < -0.3 is 14.5 Å². The molecule has 3 rings (SSSR count). The molecule has 3 aromatic rings. The summed E-state index contributed by atoms with van der Waals surface area (Å²) in [6, 6.07) is 9.23. The first-order valence-electron chi connectivity index (χ1n) is 8.06. The van der Waals surface area contributed by atoms with Crippen molar-refractivity contribution < 1.29 is 18.7 Å². The maximum atomic E-state index is 12.5. The lowest BCUT2D eigenvalue weighted by molar-refractivity contribution is 0.0603. The second kappa shape index (κ2) is 7.17. The van der Waals surface area contributed by atoms with Crippen molar-refractivity contribution in [3.8, 4) is 11.1 Å². The van der Waals surface area contributed by atoms with Crippen molar-refractivity contribution in [3.63, 3.8) is 0 Å². The van der Waals surface area contributed by atoms with Crippen LogP contribution in [-0.2, 0) is 4.74 Å². The monoisotopic (exact) mass is 369 g/mol. The fourth-order valence-corrected chi connectivity index (χ4v) is 3.81. The largest absolute Gasteiger partial charge is 0.465 e. The molecule has 0 aliphatic carbocycles. The number of ether oxygens (including phenoxy) is 1. The van der Waals surface area contributed by atoms with Gasteiger partial charge in [0.2, 0.25) is 0 Å². The van der Waals surface area contributed by atoms with E-state index in [2.05, 4.69) is 5.32 Å². The van der Waals surface area contributed by atoms with Crippen molar-refractivity contribution in [2.75, 3.05) is 12.4 Å². The summed E-state index contributed by atoms with van der Waals surface area (Å²) >= 11 is 1.34. The van der Waals surface area contributed by atoms with E-state index < -0.39 is 11.9 Å². The zero-order chi connectivity index (χ0) is 18.8. The molecule has 0 radical (unpaired) electrons. The van der Waals surface area contributed by atoms with E-state index in [0.717, 1.165) is 21.6 Å². The molecule has 0 saturated carbocycles. The topological polar surface area (TPSA) is 68.5 Å². The van der Waals surface area contributed by atoms with Gasteiger partial charge in [0, 0.05) is 10.4 Å². The predicted molar refractivity (Wildman–Crippen MR) is 102 cm³/mol. The van der Waals surface area contributed by atoms with Gasteiger partial charge in [0.25, 0.3) is 5.91 Å². The number of furan rings is 1. The van der Waals surface area contributed by atoms with E-state index in [9.17, 15) is 9.59 Å². The second-order valence-electron chi connectivity index (χ2n) is 5.96. The second-order valence-corrected chi connectivity index (χ2v) is 7.18. The summed E-state index contributed by atoms with van der Waals surface area (Å²) in [4.78, 5) is 25.7. The highest BCUT2D eigenvalue weighted by Gasteiger charge is 2.26. The Morgan fingerprint density at radius 3 is 2.50 bits per heavy atom. The molecular formula is C20H19NO4S. The third-order valence-electron chi connectivity index (χ3n) is 4.24. The number of benzene rings is 1. The van der Waals surface area contributed by atoms with E-state index in [1.807, 2.05) is 39.0 Å². The first-order chi connectivity index (χ1) is 12.4. The molecule has 2 heterocycles. The zero-order valence-corrected chi connectivity index (χ0v) is 15.8. The molecule has 2 aromatic heterocycles. The third-order valence-corrected chi connectivity index (χ3v) is 5.26. The number of thiophene rings is 1. The molecule has 0 fully saturated rings. The van der Waals surface area contributed by atoms with Crippen LogP contribution in [0.5, 0.6) is 0 Å². The van der Waals surface area contributed by atoms with Crippen molar-refractivity contribution in [1.29, 1.82) is 0 Å². The van der Waals surface area contributed by atoms with Crippen LogP contribution in [0.2, 0.25) is 0 Å². The highest BCUT2D eigenvalue weighted by atomic mass is 32.1. The Hall–Kier alpha value is -2.86. The number of aryl methyl sites for hydroxylation is 3. The Morgan fingerprint density at radius 2 is 1.88 bits per heavy atom. The summed E-state index contributed by atoms with van der Waals surface area (Å²) in [5, 5.41) is 3.22. The van der Waals surface area contributed by atoms with Crippen LogP contribution >= 0.6 is 11.3 Å². The molecular weight excluding hydrogens is 350 g/mol. The van der Waals surface area contributed by atoms with Gasteiger partial charge in [-0.3, -0.25) is 4.79 Å². The number of amides is 1. The van der Waals surface area contributed by atoms with Crippen molar-refractivity contribution in [1.82, 2.24) is 0 Å². The average Bonchev–Trinajstić information content (AvgIpc) is 3.25. The molecule has 0 aliphatic rings. The van der Waals surface area contributed by atoms with Crippen LogP contribution in [0.3, 0.4) is 0 Å². The summed E-state index contributed by atoms with van der Waals surface area (Å²) in [5.41, 5.74) is 4.36. The molecule has 134 valence electrons. The van der Waals surface area contributed by atoms with Crippen molar-refractivity contribution in [3.05, 3.63) is 63.9 Å². The number of esters is 1. The maximum Gasteiger partial charge on any atom is 0.341 e. The smallest absolute Gasteiger partial charge is 0.341 e. The fourth-order valence-electron chi connectivity index (χ4n) is 2.75. The van der Waals surface area contributed by atoms with Crippen LogP contribution < -0.4 is 5.32 Å². The molecule has 1 aromatic carbocycles. The average molecular weight is 369 g/mol. The fraction of sp³-hybridized carbons (Fsp3) is 0.200. The Kier molecular flexibility index (Phi) is 4.95. The highest BCUT2D eigenvalue weighted by molar-refractivity contribution is 7.17. The van der Waals surface area contributed by atoms with Gasteiger partial charge in [0.05, 0.1) is 13.4 Å². The SMILES string of the molecule is COC(=O)c1c(NC(=O)c2ccco2)sc(C)c1-c1ccc(C)c(C)c1. The minimum absolute atomic E-state index is 0.180. The van der Waals surface area contributed by atoms with Crippen LogP contribution in [-0.4, -0.2) is 19.0 Å². The summed E-state index contributed by atoms with van der Waals surface area (Å²) in [6.07, 6.45) is 1.43. The van der Waals surface area contributed by atoms with Crippen LogP contribution in [0.4, 0.5) is 5.00 Å². The van der Waals surface area contributed by atoms with Crippen LogP contribution in [0.15, 0.2) is 41.0 Å². The predicted octanol–water partition coefficient (Wildman–Crippen LogP) is 4.97. The van der Waals surface area contributed by atoms with Gasteiger partial charge in [-0.25, -0.2) is 4.79 Å². The van der Waals surface area contributed by atoms with Gasteiger partial charge in [-0.1, -0.05) is 18.2 Å². The normalized spacial score (nSPS) is 10.6. The summed E-state index contributed by atoms with van der Waals surface area (Å²) in [7, 11) is 1.33. The number of nitrogens with one attached hydrogen (secondary N) is 1. The van der Waals surface area contributed by atoms with Crippen molar-refractivity contribution in [2.24, 2.45) is 0 Å². The molecule has 5 nitrogen and oxygen atoms in total. The van der Waals surface area contributed by atoms with Gasteiger partial charge in [0.15, 0.2) is 5.76 Å². The van der Waals surface area contributed by atoms with E-state index in [4.69, 9.17) is 9.15 Å². The zero-order valence-electron chi connectivity index (χ0n) is 15.0. The van der Waals surface area contributed by atoms with Gasteiger partial charge in [-0.05, 0) is 49.6 Å². The summed E-state index contributed by atoms with van der Waals surface area (Å²) < 4.78 is 10.1. The van der Waals surface area contributed by atoms with Gasteiger partial charge in [0.1, 0.15) is 10.6 Å². The minimum Gasteiger partial charge on any atom is -0.465 e. The third kappa shape index (κ3) is 3.28. The number of anilines is 1. The molecule has 0 spiro atoms. The van der Waals surface area contributed by atoms with Crippen molar-refractivity contribution >= 4 is 28.2 Å². The number of carbonyl (C=O) groups is 2. The number of carbonyl (C=O) groups excluding carboxylic acids is 2. The molecule has 0 bridgehead atoms. The van der Waals surface area contributed by atoms with Gasteiger partial charge in [-0.15, -0.1) is 11.3 Å². The molecule has 0 unspecified atom stereocenters. The number of hydrogen-bond acceptors (Lipinski definition) is 5. The Morgan fingerprint density at radius 1 is 1.12 bits per heavy atom. The lowest BCUT2D eigenvalue weighted by atomic mass is 9.97. The van der Waals surface area contributed by atoms with Crippen LogP contribution in [0.1, 0.15) is 36.9 Å². The quantitative estimate of drug-likeness (QED) is 0.659. The summed E-state index contributed by atoms with van der Waals surface area (Å²) in [5.74, 6) is -0.718. The van der Waals surface area contributed by atoms with Gasteiger partial charge in [-0.2, -0.15) is 0 Å². The number of rotatable bonds is 4. The first-order valence-corrected chi connectivity index (χ1v) is 8.88. The minimum atomic E-state index is -0.489. The molecule has 0 atom stereocenters. The molecule has 6 heteroatoms. The van der Waals surface area contributed by atoms with Crippen LogP contribution in [0, 0.1) is 20.8 Å².